The lowest BCUT2D eigenvalue weighted by atomic mass is 10.3. The molecule has 0 saturated carbocycles. The van der Waals surface area contributed by atoms with Crippen LogP contribution in [0.1, 0.15) is 6.92 Å². The maximum atomic E-state index is 5.82. The highest BCUT2D eigenvalue weighted by Gasteiger charge is 2.29. The summed E-state index contributed by atoms with van der Waals surface area (Å²) in [4.78, 5) is 4.32. The molecule has 14 heavy (non-hydrogen) atoms. The van der Waals surface area contributed by atoms with E-state index in [4.69, 9.17) is 4.74 Å². The molecule has 0 aromatic heterocycles. The average molecular weight is 192 g/mol. The standard InChI is InChI=1S/C11H16N2O/c1-4-12(2)11-13(3)9-7-5-6-8-10(9)14-11/h5-8,11H,4H2,1-3H3. The molecule has 0 radical (unpaired) electrons. The van der Waals surface area contributed by atoms with E-state index in [0.717, 1.165) is 18.0 Å². The molecule has 1 unspecified atom stereocenters. The van der Waals surface area contributed by atoms with Crippen molar-refractivity contribution >= 4 is 5.69 Å². The number of anilines is 1. The Morgan fingerprint density at radius 3 is 2.79 bits per heavy atom. The highest BCUT2D eigenvalue weighted by Crippen LogP contribution is 2.35. The van der Waals surface area contributed by atoms with Crippen molar-refractivity contribution in [1.29, 1.82) is 0 Å². The smallest absolute Gasteiger partial charge is 0.232 e. The summed E-state index contributed by atoms with van der Waals surface area (Å²) in [7, 11) is 4.12. The molecular weight excluding hydrogens is 176 g/mol. The monoisotopic (exact) mass is 192 g/mol. The van der Waals surface area contributed by atoms with Crippen LogP contribution in [0.25, 0.3) is 0 Å². The van der Waals surface area contributed by atoms with E-state index in [0.29, 0.717) is 0 Å². The van der Waals surface area contributed by atoms with Gasteiger partial charge in [0, 0.05) is 13.6 Å². The van der Waals surface area contributed by atoms with Crippen molar-refractivity contribution in [3.63, 3.8) is 0 Å². The molecule has 1 aliphatic rings. The van der Waals surface area contributed by atoms with E-state index in [9.17, 15) is 0 Å². The SMILES string of the molecule is CCN(C)C1Oc2ccccc2N1C. The largest absolute Gasteiger partial charge is 0.455 e. The molecule has 0 fully saturated rings. The second-order valence-corrected chi connectivity index (χ2v) is 3.60. The first-order valence-electron chi connectivity index (χ1n) is 4.92. The summed E-state index contributed by atoms with van der Waals surface area (Å²) in [6.45, 7) is 3.10. The van der Waals surface area contributed by atoms with E-state index < -0.39 is 0 Å². The number of rotatable bonds is 2. The fourth-order valence-electron chi connectivity index (χ4n) is 1.70. The molecule has 3 heteroatoms. The van der Waals surface area contributed by atoms with Crippen LogP contribution in [0.3, 0.4) is 0 Å². The Bertz CT molecular complexity index is 327. The van der Waals surface area contributed by atoms with Crippen molar-refractivity contribution in [2.75, 3.05) is 25.5 Å². The lowest BCUT2D eigenvalue weighted by molar-refractivity contribution is 0.0675. The van der Waals surface area contributed by atoms with Gasteiger partial charge in [-0.1, -0.05) is 19.1 Å². The van der Waals surface area contributed by atoms with Gasteiger partial charge in [0.2, 0.25) is 6.35 Å². The van der Waals surface area contributed by atoms with E-state index in [1.54, 1.807) is 0 Å². The van der Waals surface area contributed by atoms with Crippen molar-refractivity contribution in [2.45, 2.75) is 13.3 Å². The predicted octanol–water partition coefficient (Wildman–Crippen LogP) is 1.75. The lowest BCUT2D eigenvalue weighted by Gasteiger charge is -2.28. The fraction of sp³-hybridized carbons (Fsp3) is 0.455. The lowest BCUT2D eigenvalue weighted by Crippen LogP contribution is -2.45. The minimum Gasteiger partial charge on any atom is -0.455 e. The minimum absolute atomic E-state index is 0.0393. The molecule has 1 heterocycles. The summed E-state index contributed by atoms with van der Waals surface area (Å²) in [6, 6.07) is 8.13. The Labute approximate surface area is 84.9 Å². The van der Waals surface area contributed by atoms with Gasteiger partial charge < -0.3 is 9.64 Å². The first-order valence-corrected chi connectivity index (χ1v) is 4.92. The van der Waals surface area contributed by atoms with Gasteiger partial charge in [-0.2, -0.15) is 0 Å². The van der Waals surface area contributed by atoms with Crippen LogP contribution >= 0.6 is 0 Å². The van der Waals surface area contributed by atoms with Gasteiger partial charge in [0.15, 0.2) is 0 Å². The van der Waals surface area contributed by atoms with E-state index in [-0.39, 0.29) is 6.35 Å². The normalized spacial score (nSPS) is 19.7. The molecule has 76 valence electrons. The molecule has 1 aromatic carbocycles. The Hall–Kier alpha value is -1.22. The van der Waals surface area contributed by atoms with Gasteiger partial charge in [-0.25, -0.2) is 0 Å². The van der Waals surface area contributed by atoms with E-state index in [1.807, 2.05) is 18.2 Å². The van der Waals surface area contributed by atoms with Gasteiger partial charge >= 0.3 is 0 Å². The van der Waals surface area contributed by atoms with Crippen LogP contribution in [0, 0.1) is 0 Å². The van der Waals surface area contributed by atoms with Crippen molar-refractivity contribution in [3.05, 3.63) is 24.3 Å². The maximum absolute atomic E-state index is 5.82. The van der Waals surface area contributed by atoms with Crippen LogP contribution in [0.5, 0.6) is 5.75 Å². The van der Waals surface area contributed by atoms with Gasteiger partial charge in [-0.15, -0.1) is 0 Å². The number of nitrogens with zero attached hydrogens (tertiary/aromatic N) is 2. The Kier molecular flexibility index (Phi) is 2.33. The third-order valence-electron chi connectivity index (χ3n) is 2.68. The molecule has 0 spiro atoms. The molecule has 1 atom stereocenters. The van der Waals surface area contributed by atoms with Gasteiger partial charge in [-0.05, 0) is 19.2 Å². The molecule has 0 aliphatic carbocycles. The molecule has 0 N–H and O–H groups in total. The molecule has 0 saturated heterocycles. The highest BCUT2D eigenvalue weighted by molar-refractivity contribution is 5.61. The quantitative estimate of drug-likeness (QED) is 0.710. The minimum atomic E-state index is 0.0393. The Balaban J connectivity index is 2.25. The fourth-order valence-corrected chi connectivity index (χ4v) is 1.70. The number of ether oxygens (including phenoxy) is 1. The predicted molar refractivity (Wildman–Crippen MR) is 57.6 cm³/mol. The van der Waals surface area contributed by atoms with Crippen LogP contribution < -0.4 is 9.64 Å². The van der Waals surface area contributed by atoms with E-state index in [1.165, 1.54) is 0 Å². The Morgan fingerprint density at radius 2 is 2.14 bits per heavy atom. The molecule has 1 aromatic rings. The van der Waals surface area contributed by atoms with E-state index >= 15 is 0 Å². The van der Waals surface area contributed by atoms with Crippen molar-refractivity contribution in [2.24, 2.45) is 0 Å². The second-order valence-electron chi connectivity index (χ2n) is 3.60. The van der Waals surface area contributed by atoms with Crippen molar-refractivity contribution in [1.82, 2.24) is 4.90 Å². The third-order valence-corrected chi connectivity index (χ3v) is 2.68. The summed E-state index contributed by atoms with van der Waals surface area (Å²) in [5, 5.41) is 0. The first kappa shape index (κ1) is 9.34. The second kappa shape index (κ2) is 3.50. The third kappa shape index (κ3) is 1.34. The van der Waals surface area contributed by atoms with Gasteiger partial charge in [-0.3, -0.25) is 4.90 Å². The molecular formula is C11H16N2O. The van der Waals surface area contributed by atoms with E-state index in [2.05, 4.69) is 36.9 Å². The maximum Gasteiger partial charge on any atom is 0.232 e. The Morgan fingerprint density at radius 1 is 1.43 bits per heavy atom. The molecule has 2 rings (SSSR count). The summed E-state index contributed by atoms with van der Waals surface area (Å²) in [5.41, 5.74) is 1.16. The molecule has 0 bridgehead atoms. The summed E-state index contributed by atoms with van der Waals surface area (Å²) >= 11 is 0. The number of hydrogen-bond donors (Lipinski definition) is 0. The summed E-state index contributed by atoms with van der Waals surface area (Å²) < 4.78 is 5.82. The zero-order valence-electron chi connectivity index (χ0n) is 8.90. The van der Waals surface area contributed by atoms with Crippen LogP contribution in [-0.2, 0) is 0 Å². The van der Waals surface area contributed by atoms with Crippen LogP contribution in [0.2, 0.25) is 0 Å². The van der Waals surface area contributed by atoms with Crippen molar-refractivity contribution < 1.29 is 4.74 Å². The average Bonchev–Trinajstić information content (AvgIpc) is 2.56. The zero-order valence-corrected chi connectivity index (χ0v) is 8.90. The summed E-state index contributed by atoms with van der Waals surface area (Å²) in [6.07, 6.45) is 0.0393. The number of benzene rings is 1. The van der Waals surface area contributed by atoms with Crippen LogP contribution in [0.4, 0.5) is 5.69 Å². The molecule has 1 aliphatic heterocycles. The van der Waals surface area contributed by atoms with Gasteiger partial charge in [0.25, 0.3) is 0 Å². The van der Waals surface area contributed by atoms with Gasteiger partial charge in [0.1, 0.15) is 5.75 Å². The molecule has 0 amide bonds. The first-order chi connectivity index (χ1) is 6.74. The number of para-hydroxylation sites is 2. The topological polar surface area (TPSA) is 15.7 Å². The van der Waals surface area contributed by atoms with Gasteiger partial charge in [0.05, 0.1) is 5.69 Å². The zero-order chi connectivity index (χ0) is 10.1. The van der Waals surface area contributed by atoms with Crippen molar-refractivity contribution in [3.8, 4) is 5.75 Å². The molecule has 3 nitrogen and oxygen atoms in total. The highest BCUT2D eigenvalue weighted by atomic mass is 16.5. The number of hydrogen-bond acceptors (Lipinski definition) is 3. The van der Waals surface area contributed by atoms with Crippen LogP contribution in [0.15, 0.2) is 24.3 Å². The summed E-state index contributed by atoms with van der Waals surface area (Å²) in [5.74, 6) is 0.973. The van der Waals surface area contributed by atoms with Crippen LogP contribution in [-0.4, -0.2) is 31.9 Å². The number of fused-ring (bicyclic) bond motifs is 1.